The Morgan fingerprint density at radius 3 is 2.26 bits per heavy atom. The van der Waals surface area contributed by atoms with Crippen molar-refractivity contribution in [1.29, 1.82) is 0 Å². The summed E-state index contributed by atoms with van der Waals surface area (Å²) in [6.45, 7) is 8.16. The number of hydrogen-bond acceptors (Lipinski definition) is 2. The summed E-state index contributed by atoms with van der Waals surface area (Å²) in [7, 11) is 2.34. The number of nitrogens with zero attached hydrogens (tertiary/aromatic N) is 1. The van der Waals surface area contributed by atoms with Crippen molar-refractivity contribution in [2.75, 3.05) is 26.7 Å². The Hall–Kier alpha value is -0.0800. The first-order valence-electron chi connectivity index (χ1n) is 8.68. The molecule has 1 rings (SSSR count). The third kappa shape index (κ3) is 7.31. The van der Waals surface area contributed by atoms with Gasteiger partial charge in [0, 0.05) is 6.04 Å². The van der Waals surface area contributed by atoms with Crippen molar-refractivity contribution in [2.24, 2.45) is 5.92 Å². The molecule has 0 atom stereocenters. The standard InChI is InChI=1S/C17H36N2/c1-4-16-10-12-17(13-11-16)19(3)15-9-7-6-8-14-18-5-2/h16-18H,4-15H2,1-3H3. The average molecular weight is 268 g/mol. The summed E-state index contributed by atoms with van der Waals surface area (Å²) in [5, 5.41) is 3.40. The Morgan fingerprint density at radius 1 is 0.947 bits per heavy atom. The summed E-state index contributed by atoms with van der Waals surface area (Å²) >= 11 is 0. The molecular formula is C17H36N2. The lowest BCUT2D eigenvalue weighted by Crippen LogP contribution is -2.35. The molecule has 114 valence electrons. The normalized spacial score (nSPS) is 24.0. The van der Waals surface area contributed by atoms with Crippen molar-refractivity contribution in [3.63, 3.8) is 0 Å². The molecule has 0 aromatic heterocycles. The van der Waals surface area contributed by atoms with Crippen molar-refractivity contribution in [1.82, 2.24) is 10.2 Å². The Bertz CT molecular complexity index is 197. The van der Waals surface area contributed by atoms with E-state index in [1.165, 1.54) is 70.9 Å². The highest BCUT2D eigenvalue weighted by Crippen LogP contribution is 2.28. The van der Waals surface area contributed by atoms with Crippen molar-refractivity contribution in [2.45, 2.75) is 77.7 Å². The van der Waals surface area contributed by atoms with E-state index >= 15 is 0 Å². The monoisotopic (exact) mass is 268 g/mol. The molecule has 0 saturated heterocycles. The van der Waals surface area contributed by atoms with Crippen LogP contribution in [0, 0.1) is 5.92 Å². The second-order valence-electron chi connectivity index (χ2n) is 6.33. The lowest BCUT2D eigenvalue weighted by molar-refractivity contribution is 0.161. The second kappa shape index (κ2) is 10.7. The number of unbranched alkanes of at least 4 members (excludes halogenated alkanes) is 3. The fourth-order valence-corrected chi connectivity index (χ4v) is 3.32. The number of rotatable bonds is 10. The first kappa shape index (κ1) is 17.0. The minimum atomic E-state index is 0.879. The zero-order valence-corrected chi connectivity index (χ0v) is 13.6. The van der Waals surface area contributed by atoms with E-state index in [1.807, 2.05) is 0 Å². The van der Waals surface area contributed by atoms with Crippen LogP contribution < -0.4 is 5.32 Å². The van der Waals surface area contributed by atoms with Gasteiger partial charge in [0.25, 0.3) is 0 Å². The lowest BCUT2D eigenvalue weighted by atomic mass is 9.84. The molecule has 1 saturated carbocycles. The molecule has 1 aliphatic rings. The second-order valence-corrected chi connectivity index (χ2v) is 6.33. The number of hydrogen-bond donors (Lipinski definition) is 1. The Kier molecular flexibility index (Phi) is 9.54. The predicted octanol–water partition coefficient (Wildman–Crippen LogP) is 4.06. The fraction of sp³-hybridized carbons (Fsp3) is 1.00. The predicted molar refractivity (Wildman–Crippen MR) is 85.7 cm³/mol. The van der Waals surface area contributed by atoms with Gasteiger partial charge in [0.15, 0.2) is 0 Å². The van der Waals surface area contributed by atoms with Crippen LogP contribution in [0.5, 0.6) is 0 Å². The van der Waals surface area contributed by atoms with Gasteiger partial charge in [-0.3, -0.25) is 0 Å². The molecule has 0 unspecified atom stereocenters. The SMILES string of the molecule is CCNCCCCCCN(C)C1CCC(CC)CC1. The molecule has 0 heterocycles. The Labute approximate surface area is 121 Å². The van der Waals surface area contributed by atoms with E-state index in [4.69, 9.17) is 0 Å². The van der Waals surface area contributed by atoms with Gasteiger partial charge in [0.1, 0.15) is 0 Å². The molecule has 1 N–H and O–H groups in total. The number of nitrogens with one attached hydrogen (secondary N) is 1. The molecule has 1 aliphatic carbocycles. The van der Waals surface area contributed by atoms with E-state index in [0.29, 0.717) is 0 Å². The first-order chi connectivity index (χ1) is 9.27. The van der Waals surface area contributed by atoms with Gasteiger partial charge in [0.2, 0.25) is 0 Å². The van der Waals surface area contributed by atoms with Crippen LogP contribution in [0.1, 0.15) is 71.6 Å². The molecule has 1 fully saturated rings. The molecule has 19 heavy (non-hydrogen) atoms. The zero-order chi connectivity index (χ0) is 13.9. The Balaban J connectivity index is 1.97. The van der Waals surface area contributed by atoms with E-state index in [2.05, 4.69) is 31.1 Å². The van der Waals surface area contributed by atoms with Crippen LogP contribution >= 0.6 is 0 Å². The highest BCUT2D eigenvalue weighted by atomic mass is 15.1. The van der Waals surface area contributed by atoms with E-state index in [0.717, 1.165) is 18.5 Å². The molecule has 2 nitrogen and oxygen atoms in total. The van der Waals surface area contributed by atoms with E-state index in [9.17, 15) is 0 Å². The van der Waals surface area contributed by atoms with Crippen LogP contribution in [0.3, 0.4) is 0 Å². The van der Waals surface area contributed by atoms with Gasteiger partial charge >= 0.3 is 0 Å². The minimum Gasteiger partial charge on any atom is -0.317 e. The highest BCUT2D eigenvalue weighted by Gasteiger charge is 2.22. The summed E-state index contributed by atoms with van der Waals surface area (Å²) in [4.78, 5) is 2.64. The summed E-state index contributed by atoms with van der Waals surface area (Å²) in [6, 6.07) is 0.879. The molecule has 0 aromatic rings. The molecule has 0 aromatic carbocycles. The maximum absolute atomic E-state index is 3.40. The van der Waals surface area contributed by atoms with Gasteiger partial charge in [0.05, 0.1) is 0 Å². The average Bonchev–Trinajstić information content (AvgIpc) is 2.46. The van der Waals surface area contributed by atoms with Gasteiger partial charge in [-0.15, -0.1) is 0 Å². The topological polar surface area (TPSA) is 15.3 Å². The van der Waals surface area contributed by atoms with E-state index < -0.39 is 0 Å². The summed E-state index contributed by atoms with van der Waals surface area (Å²) in [5.74, 6) is 1.02. The largest absolute Gasteiger partial charge is 0.317 e. The fourth-order valence-electron chi connectivity index (χ4n) is 3.32. The van der Waals surface area contributed by atoms with Crippen LogP contribution in [0.25, 0.3) is 0 Å². The summed E-state index contributed by atoms with van der Waals surface area (Å²) in [5.41, 5.74) is 0. The van der Waals surface area contributed by atoms with Crippen LogP contribution in [-0.4, -0.2) is 37.6 Å². The van der Waals surface area contributed by atoms with Gasteiger partial charge in [-0.25, -0.2) is 0 Å². The molecular weight excluding hydrogens is 232 g/mol. The summed E-state index contributed by atoms with van der Waals surface area (Å²) in [6.07, 6.45) is 12.7. The van der Waals surface area contributed by atoms with Crippen LogP contribution in [0.15, 0.2) is 0 Å². The lowest BCUT2D eigenvalue weighted by Gasteiger charge is -2.34. The van der Waals surface area contributed by atoms with Crippen LogP contribution in [0.4, 0.5) is 0 Å². The van der Waals surface area contributed by atoms with Crippen molar-refractivity contribution < 1.29 is 0 Å². The third-order valence-electron chi connectivity index (χ3n) is 4.88. The van der Waals surface area contributed by atoms with Gasteiger partial charge in [-0.05, 0) is 71.1 Å². The van der Waals surface area contributed by atoms with Crippen LogP contribution in [-0.2, 0) is 0 Å². The van der Waals surface area contributed by atoms with Crippen molar-refractivity contribution in [3.8, 4) is 0 Å². The van der Waals surface area contributed by atoms with E-state index in [-0.39, 0.29) is 0 Å². The molecule has 2 heteroatoms. The van der Waals surface area contributed by atoms with Gasteiger partial charge in [-0.1, -0.05) is 33.1 Å². The van der Waals surface area contributed by atoms with Crippen molar-refractivity contribution in [3.05, 3.63) is 0 Å². The van der Waals surface area contributed by atoms with Crippen molar-refractivity contribution >= 4 is 0 Å². The van der Waals surface area contributed by atoms with E-state index in [1.54, 1.807) is 0 Å². The maximum atomic E-state index is 3.40. The van der Waals surface area contributed by atoms with Crippen LogP contribution in [0.2, 0.25) is 0 Å². The molecule has 0 radical (unpaired) electrons. The smallest absolute Gasteiger partial charge is 0.00924 e. The summed E-state index contributed by atoms with van der Waals surface area (Å²) < 4.78 is 0. The maximum Gasteiger partial charge on any atom is 0.00924 e. The molecule has 0 aliphatic heterocycles. The highest BCUT2D eigenvalue weighted by molar-refractivity contribution is 4.77. The minimum absolute atomic E-state index is 0.879. The third-order valence-corrected chi connectivity index (χ3v) is 4.88. The van der Waals surface area contributed by atoms with Gasteiger partial charge in [-0.2, -0.15) is 0 Å². The van der Waals surface area contributed by atoms with Gasteiger partial charge < -0.3 is 10.2 Å². The first-order valence-corrected chi connectivity index (χ1v) is 8.68. The zero-order valence-electron chi connectivity index (χ0n) is 13.6. The molecule has 0 bridgehead atoms. The Morgan fingerprint density at radius 2 is 1.63 bits per heavy atom. The quantitative estimate of drug-likeness (QED) is 0.601. The molecule has 0 amide bonds. The molecule has 0 spiro atoms.